The quantitative estimate of drug-likeness (QED) is 0.363. The Kier molecular flexibility index (Phi) is 8.62. The first-order valence-corrected chi connectivity index (χ1v) is 17.5. The molecule has 0 amide bonds. The van der Waals surface area contributed by atoms with E-state index in [2.05, 4.69) is 39.2 Å². The van der Waals surface area contributed by atoms with Crippen molar-refractivity contribution in [3.8, 4) is 0 Å². The second-order valence-electron chi connectivity index (χ2n) is 12.1. The van der Waals surface area contributed by atoms with Crippen molar-refractivity contribution in [2.75, 3.05) is 13.7 Å². The Labute approximate surface area is 213 Å². The van der Waals surface area contributed by atoms with Gasteiger partial charge in [0, 0.05) is 24.6 Å². The van der Waals surface area contributed by atoms with Crippen molar-refractivity contribution in [2.45, 2.75) is 112 Å². The van der Waals surface area contributed by atoms with Gasteiger partial charge in [-0.25, -0.2) is 8.42 Å². The highest BCUT2D eigenvalue weighted by Gasteiger charge is 2.56. The molecule has 1 saturated carbocycles. The molecule has 0 bridgehead atoms. The minimum atomic E-state index is -3.55. The number of piperidine rings is 1. The van der Waals surface area contributed by atoms with Gasteiger partial charge in [-0.3, -0.25) is 4.79 Å². The third-order valence-corrected chi connectivity index (χ3v) is 15.6. The molecule has 8 heteroatoms. The van der Waals surface area contributed by atoms with E-state index in [1.165, 1.54) is 7.11 Å². The van der Waals surface area contributed by atoms with Crippen LogP contribution in [-0.4, -0.2) is 53.3 Å². The predicted molar refractivity (Wildman–Crippen MR) is 143 cm³/mol. The largest absolute Gasteiger partial charge is 0.469 e. The van der Waals surface area contributed by atoms with E-state index in [-0.39, 0.29) is 23.0 Å². The van der Waals surface area contributed by atoms with E-state index in [9.17, 15) is 13.2 Å². The maximum atomic E-state index is 14.0. The van der Waals surface area contributed by atoms with Gasteiger partial charge in [-0.2, -0.15) is 0 Å². The molecule has 1 aliphatic heterocycles. The van der Waals surface area contributed by atoms with E-state index in [0.29, 0.717) is 30.8 Å². The molecule has 2 aliphatic rings. The monoisotopic (exact) mass is 523 g/mol. The Hall–Kier alpha value is -1.22. The first-order valence-electron chi connectivity index (χ1n) is 13.0. The SMILES string of the molecule is COC(=O)CC[C@H]1CCC[C@@]12N[C@@H](CO[Si](C)(C)C(C)(C)C)CC[C@@H]2S(=O)(=O)c1ccc(C)cc1. The highest BCUT2D eigenvalue weighted by molar-refractivity contribution is 7.92. The van der Waals surface area contributed by atoms with Crippen molar-refractivity contribution in [1.82, 2.24) is 5.32 Å². The topological polar surface area (TPSA) is 81.7 Å². The van der Waals surface area contributed by atoms with Crippen LogP contribution in [0.4, 0.5) is 0 Å². The number of rotatable bonds is 8. The van der Waals surface area contributed by atoms with Crippen LogP contribution in [0, 0.1) is 12.8 Å². The summed E-state index contributed by atoms with van der Waals surface area (Å²) in [5.74, 6) is -0.138. The number of ether oxygens (including phenoxy) is 1. The minimum Gasteiger partial charge on any atom is -0.469 e. The lowest BCUT2D eigenvalue weighted by atomic mass is 9.76. The Morgan fingerprint density at radius 2 is 1.80 bits per heavy atom. The Bertz CT molecular complexity index is 986. The summed E-state index contributed by atoms with van der Waals surface area (Å²) >= 11 is 0. The van der Waals surface area contributed by atoms with Gasteiger partial charge in [-0.15, -0.1) is 0 Å². The Morgan fingerprint density at radius 3 is 2.40 bits per heavy atom. The number of benzene rings is 1. The normalized spacial score (nSPS) is 27.8. The van der Waals surface area contributed by atoms with Crippen LogP contribution < -0.4 is 5.32 Å². The molecule has 2 fully saturated rings. The number of hydrogen-bond donors (Lipinski definition) is 1. The summed E-state index contributed by atoms with van der Waals surface area (Å²) < 4.78 is 39.5. The standard InChI is InChI=1S/C27H45NO5SSi/c1-20-10-14-23(15-11-20)34(30,31)24-16-13-22(19-33-35(6,7)26(2,3)4)28-27(24)18-8-9-21(27)12-17-25(29)32-5/h10-11,14-15,21-22,24,28H,8-9,12-13,16-19H2,1-7H3/t21-,22-,24+,27-/m1/s1. The number of hydrogen-bond acceptors (Lipinski definition) is 6. The second kappa shape index (κ2) is 10.6. The molecule has 198 valence electrons. The number of methoxy groups -OCH3 is 1. The fourth-order valence-corrected chi connectivity index (χ4v) is 8.92. The molecule has 1 spiro atoms. The number of nitrogens with one attached hydrogen (secondary N) is 1. The van der Waals surface area contributed by atoms with Gasteiger partial charge in [0.05, 0.1) is 17.3 Å². The number of aryl methyl sites for hydroxylation is 1. The zero-order valence-corrected chi connectivity index (χ0v) is 24.5. The fourth-order valence-electron chi connectivity index (χ4n) is 5.64. The van der Waals surface area contributed by atoms with Crippen LogP contribution in [0.1, 0.15) is 71.3 Å². The average Bonchev–Trinajstić information content (AvgIpc) is 3.17. The van der Waals surface area contributed by atoms with E-state index in [1.54, 1.807) is 12.1 Å². The maximum Gasteiger partial charge on any atom is 0.305 e. The molecule has 0 radical (unpaired) electrons. The molecular formula is C27H45NO5SSi. The lowest BCUT2D eigenvalue weighted by Crippen LogP contribution is -2.66. The molecule has 1 saturated heterocycles. The molecule has 4 atom stereocenters. The lowest BCUT2D eigenvalue weighted by molar-refractivity contribution is -0.141. The molecule has 35 heavy (non-hydrogen) atoms. The van der Waals surface area contributed by atoms with E-state index < -0.39 is 28.9 Å². The summed E-state index contributed by atoms with van der Waals surface area (Å²) in [7, 11) is -4.06. The second-order valence-corrected chi connectivity index (χ2v) is 19.0. The molecule has 6 nitrogen and oxygen atoms in total. The van der Waals surface area contributed by atoms with E-state index >= 15 is 0 Å². The molecule has 1 aromatic rings. The van der Waals surface area contributed by atoms with Gasteiger partial charge in [-0.1, -0.05) is 44.9 Å². The van der Waals surface area contributed by atoms with E-state index in [4.69, 9.17) is 9.16 Å². The molecule has 1 aromatic carbocycles. The van der Waals surface area contributed by atoms with Crippen LogP contribution in [0.5, 0.6) is 0 Å². The molecule has 1 heterocycles. The molecule has 1 N–H and O–H groups in total. The molecular weight excluding hydrogens is 478 g/mol. The van der Waals surface area contributed by atoms with Crippen LogP contribution >= 0.6 is 0 Å². The third kappa shape index (κ3) is 6.03. The van der Waals surface area contributed by atoms with Crippen LogP contribution in [0.3, 0.4) is 0 Å². The van der Waals surface area contributed by atoms with Gasteiger partial charge in [0.2, 0.25) is 0 Å². The minimum absolute atomic E-state index is 0.0995. The van der Waals surface area contributed by atoms with Crippen LogP contribution in [0.2, 0.25) is 18.1 Å². The molecule has 1 aliphatic carbocycles. The van der Waals surface area contributed by atoms with Gasteiger partial charge in [-0.05, 0) is 75.2 Å². The summed E-state index contributed by atoms with van der Waals surface area (Å²) in [5.41, 5.74) is 0.484. The van der Waals surface area contributed by atoms with Crippen LogP contribution in [0.15, 0.2) is 29.2 Å². The Morgan fingerprint density at radius 1 is 1.14 bits per heavy atom. The maximum absolute atomic E-state index is 14.0. The van der Waals surface area contributed by atoms with Gasteiger partial charge in [0.15, 0.2) is 18.2 Å². The van der Waals surface area contributed by atoms with E-state index in [0.717, 1.165) is 31.2 Å². The van der Waals surface area contributed by atoms with Crippen molar-refractivity contribution in [3.05, 3.63) is 29.8 Å². The van der Waals surface area contributed by atoms with Crippen molar-refractivity contribution in [2.24, 2.45) is 5.92 Å². The van der Waals surface area contributed by atoms with Crippen LogP contribution in [-0.2, 0) is 23.8 Å². The summed E-state index contributed by atoms with van der Waals surface area (Å²) in [6, 6.07) is 7.32. The zero-order valence-electron chi connectivity index (χ0n) is 22.6. The van der Waals surface area contributed by atoms with Gasteiger partial charge in [0.1, 0.15) is 0 Å². The number of sulfone groups is 1. The number of esters is 1. The first-order chi connectivity index (χ1) is 16.2. The van der Waals surface area contributed by atoms with Crippen molar-refractivity contribution >= 4 is 24.1 Å². The number of carbonyl (C=O) groups excluding carboxylic acids is 1. The lowest BCUT2D eigenvalue weighted by Gasteiger charge is -2.50. The summed E-state index contributed by atoms with van der Waals surface area (Å²) in [6.07, 6.45) is 4.97. The summed E-state index contributed by atoms with van der Waals surface area (Å²) in [6.45, 7) is 13.8. The average molecular weight is 524 g/mol. The van der Waals surface area contributed by atoms with Gasteiger partial charge < -0.3 is 14.5 Å². The molecule has 0 unspecified atom stereocenters. The smallest absolute Gasteiger partial charge is 0.305 e. The first kappa shape index (κ1) is 28.3. The Balaban J connectivity index is 1.91. The highest BCUT2D eigenvalue weighted by atomic mass is 32.2. The third-order valence-electron chi connectivity index (χ3n) is 8.80. The predicted octanol–water partition coefficient (Wildman–Crippen LogP) is 5.40. The number of carbonyl (C=O) groups is 1. The summed E-state index contributed by atoms with van der Waals surface area (Å²) in [4.78, 5) is 12.4. The molecule has 0 aromatic heterocycles. The van der Waals surface area contributed by atoms with Crippen molar-refractivity contribution < 1.29 is 22.4 Å². The van der Waals surface area contributed by atoms with E-state index in [1.807, 2.05) is 19.1 Å². The van der Waals surface area contributed by atoms with Crippen molar-refractivity contribution in [1.29, 1.82) is 0 Å². The van der Waals surface area contributed by atoms with Gasteiger partial charge >= 0.3 is 5.97 Å². The zero-order chi connectivity index (χ0) is 26.1. The van der Waals surface area contributed by atoms with Gasteiger partial charge in [0.25, 0.3) is 0 Å². The highest BCUT2D eigenvalue weighted by Crippen LogP contribution is 2.48. The molecule has 3 rings (SSSR count). The van der Waals surface area contributed by atoms with Crippen LogP contribution in [0.25, 0.3) is 0 Å². The van der Waals surface area contributed by atoms with Crippen molar-refractivity contribution in [3.63, 3.8) is 0 Å². The summed E-state index contributed by atoms with van der Waals surface area (Å²) in [5, 5.41) is 3.44. The fraction of sp³-hybridized carbons (Fsp3) is 0.741.